The Morgan fingerprint density at radius 1 is 1.35 bits per heavy atom. The first-order valence-corrected chi connectivity index (χ1v) is 6.89. The van der Waals surface area contributed by atoms with Crippen LogP contribution in [0.3, 0.4) is 0 Å². The second-order valence-electron chi connectivity index (χ2n) is 4.90. The summed E-state index contributed by atoms with van der Waals surface area (Å²) in [7, 11) is 0. The fourth-order valence-electron chi connectivity index (χ4n) is 1.65. The molecule has 1 aromatic carbocycles. The van der Waals surface area contributed by atoms with Gasteiger partial charge < -0.3 is 20.5 Å². The van der Waals surface area contributed by atoms with Crippen LogP contribution in [0, 0.1) is 5.92 Å². The van der Waals surface area contributed by atoms with Crippen molar-refractivity contribution in [3.05, 3.63) is 24.3 Å². The normalized spacial score (nSPS) is 12.2. The van der Waals surface area contributed by atoms with Gasteiger partial charge in [-0.2, -0.15) is 0 Å². The van der Waals surface area contributed by atoms with Crippen LogP contribution in [0.4, 0.5) is 5.69 Å². The monoisotopic (exact) mass is 280 g/mol. The Labute approximate surface area is 120 Å². The lowest BCUT2D eigenvalue weighted by atomic mass is 10.1. The first-order valence-electron chi connectivity index (χ1n) is 6.89. The summed E-state index contributed by atoms with van der Waals surface area (Å²) >= 11 is 0. The van der Waals surface area contributed by atoms with Crippen molar-refractivity contribution in [1.82, 2.24) is 5.32 Å². The van der Waals surface area contributed by atoms with Crippen molar-refractivity contribution in [2.45, 2.75) is 26.8 Å². The molecular formula is C15H24N2O3. The van der Waals surface area contributed by atoms with Crippen molar-refractivity contribution in [2.75, 3.05) is 25.6 Å². The predicted octanol–water partition coefficient (Wildman–Crippen LogP) is 1.82. The number of nitrogens with two attached hydrogens (primary N) is 1. The molecule has 0 aliphatic carbocycles. The van der Waals surface area contributed by atoms with E-state index in [1.165, 1.54) is 0 Å². The van der Waals surface area contributed by atoms with Crippen molar-refractivity contribution in [1.29, 1.82) is 0 Å². The number of rotatable bonds is 8. The summed E-state index contributed by atoms with van der Waals surface area (Å²) < 4.78 is 10.8. The number of hydrogen-bond acceptors (Lipinski definition) is 4. The van der Waals surface area contributed by atoms with E-state index in [2.05, 4.69) is 5.32 Å². The number of carbonyl (C=O) groups excluding carboxylic acids is 1. The molecule has 0 heterocycles. The molecule has 20 heavy (non-hydrogen) atoms. The lowest BCUT2D eigenvalue weighted by molar-refractivity contribution is -0.124. The van der Waals surface area contributed by atoms with Crippen LogP contribution >= 0.6 is 0 Å². The summed E-state index contributed by atoms with van der Waals surface area (Å²) in [6.07, 6.45) is 0. The van der Waals surface area contributed by atoms with E-state index in [1.807, 2.05) is 32.9 Å². The highest BCUT2D eigenvalue weighted by Gasteiger charge is 2.16. The highest BCUT2D eigenvalue weighted by Crippen LogP contribution is 2.19. The van der Waals surface area contributed by atoms with Crippen LogP contribution in [0.2, 0.25) is 0 Å². The summed E-state index contributed by atoms with van der Waals surface area (Å²) in [6, 6.07) is 7.09. The van der Waals surface area contributed by atoms with E-state index in [0.717, 1.165) is 0 Å². The predicted molar refractivity (Wildman–Crippen MR) is 79.6 cm³/mol. The van der Waals surface area contributed by atoms with Crippen LogP contribution in [0.15, 0.2) is 24.3 Å². The number of ether oxygens (including phenoxy) is 2. The lowest BCUT2D eigenvalue weighted by Gasteiger charge is -2.22. The minimum absolute atomic E-state index is 0.0147. The molecule has 3 N–H and O–H groups in total. The highest BCUT2D eigenvalue weighted by molar-refractivity contribution is 5.78. The first-order chi connectivity index (χ1) is 9.54. The molecule has 0 saturated carbocycles. The van der Waals surface area contributed by atoms with E-state index < -0.39 is 0 Å². The number of amides is 1. The fourth-order valence-corrected chi connectivity index (χ4v) is 1.65. The van der Waals surface area contributed by atoms with Crippen LogP contribution in [0.1, 0.15) is 20.8 Å². The number of benzene rings is 1. The van der Waals surface area contributed by atoms with Gasteiger partial charge in [0.15, 0.2) is 6.61 Å². The van der Waals surface area contributed by atoms with Gasteiger partial charge in [0, 0.05) is 6.61 Å². The average molecular weight is 280 g/mol. The second-order valence-corrected chi connectivity index (χ2v) is 4.90. The van der Waals surface area contributed by atoms with Gasteiger partial charge in [-0.1, -0.05) is 26.0 Å². The molecule has 0 aromatic heterocycles. The second kappa shape index (κ2) is 8.43. The SMILES string of the molecule is CCOCC(NC(=O)COc1ccccc1N)C(C)C. The molecule has 1 amide bonds. The molecule has 0 bridgehead atoms. The first kappa shape index (κ1) is 16.3. The van der Waals surface area contributed by atoms with E-state index in [9.17, 15) is 4.79 Å². The van der Waals surface area contributed by atoms with Crippen molar-refractivity contribution in [3.8, 4) is 5.75 Å². The Bertz CT molecular complexity index is 421. The molecule has 0 saturated heterocycles. The maximum absolute atomic E-state index is 11.9. The Balaban J connectivity index is 2.44. The highest BCUT2D eigenvalue weighted by atomic mass is 16.5. The standard InChI is InChI=1S/C15H24N2O3/c1-4-19-9-13(11(2)3)17-15(18)10-20-14-8-6-5-7-12(14)16/h5-8,11,13H,4,9-10,16H2,1-3H3,(H,17,18). The molecule has 1 rings (SSSR count). The van der Waals surface area contributed by atoms with Crippen LogP contribution in [0.5, 0.6) is 5.75 Å². The van der Waals surface area contributed by atoms with Crippen molar-refractivity contribution < 1.29 is 14.3 Å². The van der Waals surface area contributed by atoms with Gasteiger partial charge in [0.2, 0.25) is 0 Å². The van der Waals surface area contributed by atoms with Gasteiger partial charge in [-0.15, -0.1) is 0 Å². The Morgan fingerprint density at radius 3 is 2.65 bits per heavy atom. The number of anilines is 1. The Hall–Kier alpha value is -1.75. The summed E-state index contributed by atoms with van der Waals surface area (Å²) in [5.41, 5.74) is 6.27. The largest absolute Gasteiger partial charge is 0.482 e. The molecular weight excluding hydrogens is 256 g/mol. The fraction of sp³-hybridized carbons (Fsp3) is 0.533. The summed E-state index contributed by atoms with van der Waals surface area (Å²) in [4.78, 5) is 11.9. The maximum atomic E-state index is 11.9. The molecule has 5 heteroatoms. The zero-order valence-electron chi connectivity index (χ0n) is 12.4. The quantitative estimate of drug-likeness (QED) is 0.712. The van der Waals surface area contributed by atoms with Gasteiger partial charge in [-0.05, 0) is 25.0 Å². The number of hydrogen-bond donors (Lipinski definition) is 2. The molecule has 0 aliphatic rings. The summed E-state index contributed by atoms with van der Waals surface area (Å²) in [6.45, 7) is 7.10. The molecule has 0 radical (unpaired) electrons. The van der Waals surface area contributed by atoms with Crippen molar-refractivity contribution in [3.63, 3.8) is 0 Å². The average Bonchev–Trinajstić information content (AvgIpc) is 2.42. The third-order valence-corrected chi connectivity index (χ3v) is 2.93. The van der Waals surface area contributed by atoms with Gasteiger partial charge in [0.1, 0.15) is 5.75 Å². The molecule has 0 spiro atoms. The molecule has 1 unspecified atom stereocenters. The Kier molecular flexibility index (Phi) is 6.87. The number of nitrogen functional groups attached to an aromatic ring is 1. The van der Waals surface area contributed by atoms with E-state index in [4.69, 9.17) is 15.2 Å². The van der Waals surface area contributed by atoms with E-state index in [-0.39, 0.29) is 18.6 Å². The third kappa shape index (κ3) is 5.48. The van der Waals surface area contributed by atoms with E-state index in [0.29, 0.717) is 30.6 Å². The van der Waals surface area contributed by atoms with Crippen LogP contribution in [-0.4, -0.2) is 31.8 Å². The number of nitrogens with one attached hydrogen (secondary N) is 1. The van der Waals surface area contributed by atoms with Crippen LogP contribution in [-0.2, 0) is 9.53 Å². The molecule has 5 nitrogen and oxygen atoms in total. The van der Waals surface area contributed by atoms with Gasteiger partial charge in [0.25, 0.3) is 5.91 Å². The summed E-state index contributed by atoms with van der Waals surface area (Å²) in [5, 5.41) is 2.91. The molecule has 1 aromatic rings. The van der Waals surface area contributed by atoms with E-state index in [1.54, 1.807) is 12.1 Å². The minimum Gasteiger partial charge on any atom is -0.482 e. The molecule has 0 fully saturated rings. The maximum Gasteiger partial charge on any atom is 0.258 e. The van der Waals surface area contributed by atoms with Crippen molar-refractivity contribution >= 4 is 11.6 Å². The van der Waals surface area contributed by atoms with E-state index >= 15 is 0 Å². The topological polar surface area (TPSA) is 73.6 Å². The van der Waals surface area contributed by atoms with Crippen LogP contribution in [0.25, 0.3) is 0 Å². The smallest absolute Gasteiger partial charge is 0.258 e. The zero-order valence-corrected chi connectivity index (χ0v) is 12.4. The zero-order chi connectivity index (χ0) is 15.0. The molecule has 112 valence electrons. The molecule has 0 aliphatic heterocycles. The Morgan fingerprint density at radius 2 is 2.05 bits per heavy atom. The number of carbonyl (C=O) groups is 1. The number of para-hydroxylation sites is 2. The van der Waals surface area contributed by atoms with Crippen molar-refractivity contribution in [2.24, 2.45) is 5.92 Å². The summed E-state index contributed by atoms with van der Waals surface area (Å²) in [5.74, 6) is 0.646. The minimum atomic E-state index is -0.174. The van der Waals surface area contributed by atoms with Gasteiger partial charge in [-0.3, -0.25) is 4.79 Å². The third-order valence-electron chi connectivity index (χ3n) is 2.93. The van der Waals surface area contributed by atoms with Gasteiger partial charge >= 0.3 is 0 Å². The lowest BCUT2D eigenvalue weighted by Crippen LogP contribution is -2.43. The van der Waals surface area contributed by atoms with Gasteiger partial charge in [-0.25, -0.2) is 0 Å². The molecule has 1 atom stereocenters. The van der Waals surface area contributed by atoms with Crippen LogP contribution < -0.4 is 15.8 Å². The van der Waals surface area contributed by atoms with Gasteiger partial charge in [0.05, 0.1) is 18.3 Å².